The summed E-state index contributed by atoms with van der Waals surface area (Å²) in [4.78, 5) is 0.317. The van der Waals surface area contributed by atoms with Crippen molar-refractivity contribution in [2.24, 2.45) is 0 Å². The maximum Gasteiger partial charge on any atom is 0.0541 e. The minimum atomic E-state index is -2.25. The molecule has 8 aromatic rings. The molecule has 8 rings (SSSR count). The van der Waals surface area contributed by atoms with Gasteiger partial charge in [0.1, 0.15) is 0 Å². The lowest BCUT2D eigenvalue weighted by molar-refractivity contribution is 0.537. The molecule has 0 aliphatic rings. The van der Waals surface area contributed by atoms with Crippen LogP contribution >= 0.6 is 22.7 Å². The SMILES string of the molecule is CCCCCCCCc1ccc2c(c1)c1cc(CCCCCCCC)ccc1n2-c1cccc(S(=O)[O-])c1.c1ccc2sccc2c1.c1ccc2sccc2c1. The number of thiophene rings is 2. The summed E-state index contributed by atoms with van der Waals surface area (Å²) in [5, 5.41) is 9.46. The van der Waals surface area contributed by atoms with Gasteiger partial charge in [-0.1, -0.05) is 133 Å². The summed E-state index contributed by atoms with van der Waals surface area (Å²) in [5.74, 6) is 0. The van der Waals surface area contributed by atoms with Gasteiger partial charge in [-0.25, -0.2) is 0 Å². The normalized spacial score (nSPS) is 11.8. The zero-order chi connectivity index (χ0) is 39.0. The summed E-state index contributed by atoms with van der Waals surface area (Å²) in [7, 11) is 0. The lowest BCUT2D eigenvalue weighted by Crippen LogP contribution is -1.97. The Balaban J connectivity index is 0.000000236. The molecule has 292 valence electrons. The van der Waals surface area contributed by atoms with Gasteiger partial charge in [0.15, 0.2) is 0 Å². The van der Waals surface area contributed by atoms with Gasteiger partial charge >= 0.3 is 0 Å². The van der Waals surface area contributed by atoms with Crippen LogP contribution < -0.4 is 0 Å². The van der Waals surface area contributed by atoms with Crippen molar-refractivity contribution in [1.29, 1.82) is 0 Å². The molecule has 3 nitrogen and oxygen atoms in total. The third kappa shape index (κ3) is 11.5. The highest BCUT2D eigenvalue weighted by atomic mass is 32.2. The smallest absolute Gasteiger partial charge is 0.0541 e. The molecule has 56 heavy (non-hydrogen) atoms. The average molecular weight is 799 g/mol. The molecule has 3 aromatic heterocycles. The minimum Gasteiger partial charge on any atom is -0.768 e. The number of aryl methyl sites for hydroxylation is 2. The molecule has 1 atom stereocenters. The Kier molecular flexibility index (Phi) is 16.3. The van der Waals surface area contributed by atoms with E-state index in [4.69, 9.17) is 0 Å². The van der Waals surface area contributed by atoms with Crippen LogP contribution in [0.5, 0.6) is 0 Å². The highest BCUT2D eigenvalue weighted by molar-refractivity contribution is 7.79. The van der Waals surface area contributed by atoms with Gasteiger partial charge in [-0.15, -0.1) is 22.7 Å². The quantitative estimate of drug-likeness (QED) is 0.0722. The van der Waals surface area contributed by atoms with Crippen LogP contribution in [0.4, 0.5) is 0 Å². The van der Waals surface area contributed by atoms with Crippen molar-refractivity contribution in [2.45, 2.75) is 109 Å². The number of hydrogen-bond donors (Lipinski definition) is 0. The average Bonchev–Trinajstić information content (AvgIpc) is 3.99. The maximum atomic E-state index is 11.7. The van der Waals surface area contributed by atoms with Crippen molar-refractivity contribution in [2.75, 3.05) is 0 Å². The molecule has 0 fully saturated rings. The molecule has 0 aliphatic carbocycles. The van der Waals surface area contributed by atoms with E-state index in [9.17, 15) is 8.76 Å². The predicted octanol–water partition coefficient (Wildman–Crippen LogP) is 15.6. The molecule has 0 bridgehead atoms. The van der Waals surface area contributed by atoms with Crippen LogP contribution in [-0.4, -0.2) is 13.3 Å². The van der Waals surface area contributed by atoms with Crippen molar-refractivity contribution in [3.8, 4) is 5.69 Å². The first-order valence-electron chi connectivity index (χ1n) is 20.7. The van der Waals surface area contributed by atoms with Crippen molar-refractivity contribution in [3.63, 3.8) is 0 Å². The van der Waals surface area contributed by atoms with Crippen molar-refractivity contribution in [3.05, 3.63) is 143 Å². The summed E-state index contributed by atoms with van der Waals surface area (Å²) in [6.45, 7) is 4.53. The minimum absolute atomic E-state index is 0.317. The van der Waals surface area contributed by atoms with Gasteiger partial charge < -0.3 is 9.12 Å². The number of aromatic nitrogens is 1. The van der Waals surface area contributed by atoms with E-state index in [1.54, 1.807) is 34.8 Å². The van der Waals surface area contributed by atoms with Crippen LogP contribution in [0.1, 0.15) is 102 Å². The van der Waals surface area contributed by atoms with Crippen LogP contribution in [0.15, 0.2) is 137 Å². The van der Waals surface area contributed by atoms with E-state index in [1.165, 1.54) is 119 Å². The van der Waals surface area contributed by atoms with Gasteiger partial charge in [0.25, 0.3) is 0 Å². The highest BCUT2D eigenvalue weighted by Gasteiger charge is 2.14. The predicted molar refractivity (Wildman–Crippen MR) is 246 cm³/mol. The van der Waals surface area contributed by atoms with E-state index in [0.29, 0.717) is 4.90 Å². The van der Waals surface area contributed by atoms with Crippen LogP contribution in [0.3, 0.4) is 0 Å². The third-order valence-electron chi connectivity index (χ3n) is 10.5. The largest absolute Gasteiger partial charge is 0.768 e. The first kappa shape index (κ1) is 41.6. The molecular formula is C50H56NO2S3-. The molecule has 0 spiro atoms. The molecule has 5 aromatic carbocycles. The lowest BCUT2D eigenvalue weighted by Gasteiger charge is -2.11. The molecule has 0 saturated heterocycles. The molecule has 6 heteroatoms. The number of benzene rings is 5. The number of nitrogens with zero attached hydrogens (tertiary/aromatic N) is 1. The fourth-order valence-corrected chi connectivity index (χ4v) is 9.45. The Bertz CT molecular complexity index is 2220. The van der Waals surface area contributed by atoms with E-state index >= 15 is 0 Å². The number of hydrogen-bond acceptors (Lipinski definition) is 4. The molecule has 0 aliphatic heterocycles. The Hall–Kier alpha value is -4.07. The monoisotopic (exact) mass is 798 g/mol. The van der Waals surface area contributed by atoms with E-state index in [1.807, 2.05) is 12.1 Å². The molecule has 0 saturated carbocycles. The fourth-order valence-electron chi connectivity index (χ4n) is 7.46. The Morgan fingerprint density at radius 2 is 1.00 bits per heavy atom. The summed E-state index contributed by atoms with van der Waals surface area (Å²) < 4.78 is 28.4. The Labute approximate surface area is 344 Å². The van der Waals surface area contributed by atoms with Crippen molar-refractivity contribution < 1.29 is 8.76 Å². The second kappa shape index (κ2) is 22.0. The summed E-state index contributed by atoms with van der Waals surface area (Å²) in [5.41, 5.74) is 5.94. The number of fused-ring (bicyclic) bond motifs is 5. The Morgan fingerprint density at radius 1 is 0.518 bits per heavy atom. The lowest BCUT2D eigenvalue weighted by atomic mass is 10.0. The number of rotatable bonds is 16. The standard InChI is InChI=1S/C34H45NO2S.2C8H6S/c1-3-5-7-9-11-13-16-27-20-22-33-31(24-27)32-25-28(17-14-12-10-8-6-4-2)21-23-34(32)35(33)29-18-15-19-30(26-29)38(36)37;2*1-2-4-8-7(3-1)5-6-9-8/h15,18-26H,3-14,16-17H2,1-2H3,(H,36,37);2*1-6H/p-1. The van der Waals surface area contributed by atoms with Gasteiger partial charge in [-0.05, 0) is 136 Å². The molecular weight excluding hydrogens is 743 g/mol. The fraction of sp³-hybridized carbons (Fsp3) is 0.320. The first-order valence-corrected chi connectivity index (χ1v) is 23.5. The maximum absolute atomic E-state index is 11.7. The molecule has 3 heterocycles. The van der Waals surface area contributed by atoms with E-state index < -0.39 is 11.1 Å². The second-order valence-electron chi connectivity index (χ2n) is 14.7. The molecule has 0 radical (unpaired) electrons. The van der Waals surface area contributed by atoms with Crippen LogP contribution in [0.2, 0.25) is 0 Å². The van der Waals surface area contributed by atoms with Gasteiger partial charge in [-0.3, -0.25) is 4.21 Å². The molecule has 0 N–H and O–H groups in total. The zero-order valence-corrected chi connectivity index (χ0v) is 35.5. The van der Waals surface area contributed by atoms with E-state index in [0.717, 1.165) is 29.6 Å². The van der Waals surface area contributed by atoms with Crippen LogP contribution in [0, 0.1) is 0 Å². The molecule has 0 amide bonds. The van der Waals surface area contributed by atoms with E-state index in [-0.39, 0.29) is 0 Å². The van der Waals surface area contributed by atoms with E-state index in [2.05, 4.69) is 126 Å². The van der Waals surface area contributed by atoms with Crippen molar-refractivity contribution in [1.82, 2.24) is 4.57 Å². The van der Waals surface area contributed by atoms with Crippen LogP contribution in [0.25, 0.3) is 47.7 Å². The molecule has 1 unspecified atom stereocenters. The number of unbranched alkanes of at least 4 members (excludes halogenated alkanes) is 10. The topological polar surface area (TPSA) is 45.1 Å². The zero-order valence-electron chi connectivity index (χ0n) is 33.1. The van der Waals surface area contributed by atoms with Crippen LogP contribution in [-0.2, 0) is 23.9 Å². The highest BCUT2D eigenvalue weighted by Crippen LogP contribution is 2.34. The summed E-state index contributed by atoms with van der Waals surface area (Å²) in [6, 6.07) is 42.1. The van der Waals surface area contributed by atoms with Gasteiger partial charge in [-0.2, -0.15) is 0 Å². The van der Waals surface area contributed by atoms with Crippen molar-refractivity contribution >= 4 is 75.7 Å². The summed E-state index contributed by atoms with van der Waals surface area (Å²) in [6.07, 6.45) is 17.9. The first-order chi connectivity index (χ1) is 27.6. The second-order valence-corrected chi connectivity index (χ2v) is 17.6. The third-order valence-corrected chi connectivity index (χ3v) is 13.0. The van der Waals surface area contributed by atoms with Gasteiger partial charge in [0.2, 0.25) is 0 Å². The summed E-state index contributed by atoms with van der Waals surface area (Å²) >= 11 is 1.32. The van der Waals surface area contributed by atoms with Gasteiger partial charge in [0.05, 0.1) is 11.0 Å². The Morgan fingerprint density at radius 3 is 1.48 bits per heavy atom. The van der Waals surface area contributed by atoms with Gasteiger partial charge in [0, 0.05) is 30.8 Å².